The third-order valence-corrected chi connectivity index (χ3v) is 3.17. The van der Waals surface area contributed by atoms with E-state index in [2.05, 4.69) is 0 Å². The molecule has 0 aromatic heterocycles. The lowest BCUT2D eigenvalue weighted by Crippen LogP contribution is -2.22. The summed E-state index contributed by atoms with van der Waals surface area (Å²) in [5, 5.41) is 19.5. The van der Waals surface area contributed by atoms with E-state index < -0.39 is 12.2 Å². The first kappa shape index (κ1) is 11.7. The molecule has 88 valence electrons. The summed E-state index contributed by atoms with van der Waals surface area (Å²) >= 11 is 6.04. The second kappa shape index (κ2) is 4.59. The van der Waals surface area contributed by atoms with Crippen LogP contribution in [0, 0.1) is 0 Å². The summed E-state index contributed by atoms with van der Waals surface area (Å²) in [5.74, 6) is 0. The zero-order chi connectivity index (χ0) is 11.7. The zero-order valence-electron chi connectivity index (χ0n) is 8.81. The summed E-state index contributed by atoms with van der Waals surface area (Å²) in [4.78, 5) is 1.95. The number of likely N-dealkylation sites (tertiary alicyclic amines) is 1. The van der Waals surface area contributed by atoms with Gasteiger partial charge in [0.1, 0.15) is 0 Å². The molecule has 0 aliphatic carbocycles. The van der Waals surface area contributed by atoms with Crippen molar-refractivity contribution in [2.24, 2.45) is 0 Å². The summed E-state index contributed by atoms with van der Waals surface area (Å²) in [5.41, 5.74) is 7.27. The van der Waals surface area contributed by atoms with Crippen molar-refractivity contribution in [3.05, 3.63) is 28.8 Å². The van der Waals surface area contributed by atoms with Gasteiger partial charge in [-0.25, -0.2) is 0 Å². The fraction of sp³-hybridized carbons (Fsp3) is 0.455. The van der Waals surface area contributed by atoms with Crippen LogP contribution in [-0.2, 0) is 6.54 Å². The molecule has 1 fully saturated rings. The molecule has 0 radical (unpaired) electrons. The molecule has 1 aliphatic heterocycles. The van der Waals surface area contributed by atoms with Gasteiger partial charge in [-0.3, -0.25) is 4.90 Å². The molecule has 16 heavy (non-hydrogen) atoms. The Balaban J connectivity index is 2.07. The monoisotopic (exact) mass is 242 g/mol. The maximum Gasteiger partial charge on any atom is 0.0938 e. The predicted octanol–water partition coefficient (Wildman–Crippen LogP) is 0.460. The Labute approximate surface area is 99.2 Å². The number of anilines is 1. The van der Waals surface area contributed by atoms with E-state index in [9.17, 15) is 10.2 Å². The number of nitrogens with zero attached hydrogens (tertiary/aromatic N) is 1. The topological polar surface area (TPSA) is 69.7 Å². The van der Waals surface area contributed by atoms with Crippen LogP contribution >= 0.6 is 11.6 Å². The van der Waals surface area contributed by atoms with E-state index in [1.807, 2.05) is 11.0 Å². The Kier molecular flexibility index (Phi) is 3.35. The minimum Gasteiger partial charge on any atom is -0.399 e. The first-order chi connectivity index (χ1) is 7.56. The number of hydrogen-bond donors (Lipinski definition) is 3. The van der Waals surface area contributed by atoms with Crippen LogP contribution in [0.25, 0.3) is 0 Å². The van der Waals surface area contributed by atoms with Gasteiger partial charge >= 0.3 is 0 Å². The number of halogens is 1. The van der Waals surface area contributed by atoms with E-state index in [-0.39, 0.29) is 0 Å². The third kappa shape index (κ3) is 2.47. The van der Waals surface area contributed by atoms with Crippen molar-refractivity contribution in [2.75, 3.05) is 18.8 Å². The summed E-state index contributed by atoms with van der Waals surface area (Å²) in [6, 6.07) is 5.33. The van der Waals surface area contributed by atoms with Gasteiger partial charge in [-0.15, -0.1) is 0 Å². The quantitative estimate of drug-likeness (QED) is 0.659. The van der Waals surface area contributed by atoms with Gasteiger partial charge in [0.15, 0.2) is 0 Å². The number of aliphatic hydroxyl groups excluding tert-OH is 2. The second-order valence-electron chi connectivity index (χ2n) is 4.18. The van der Waals surface area contributed by atoms with Gasteiger partial charge in [0, 0.05) is 30.3 Å². The highest BCUT2D eigenvalue weighted by atomic mass is 35.5. The van der Waals surface area contributed by atoms with Crippen LogP contribution in [-0.4, -0.2) is 40.4 Å². The maximum absolute atomic E-state index is 9.42. The van der Waals surface area contributed by atoms with Crippen molar-refractivity contribution in [1.29, 1.82) is 0 Å². The summed E-state index contributed by atoms with van der Waals surface area (Å²) in [7, 11) is 0. The van der Waals surface area contributed by atoms with Gasteiger partial charge < -0.3 is 15.9 Å². The van der Waals surface area contributed by atoms with Gasteiger partial charge in [-0.2, -0.15) is 0 Å². The molecule has 4 N–H and O–H groups in total. The normalized spacial score (nSPS) is 26.2. The van der Waals surface area contributed by atoms with Gasteiger partial charge in [-0.1, -0.05) is 11.6 Å². The second-order valence-corrected chi connectivity index (χ2v) is 4.59. The van der Waals surface area contributed by atoms with Crippen molar-refractivity contribution in [3.63, 3.8) is 0 Å². The highest BCUT2D eigenvalue weighted by molar-refractivity contribution is 6.31. The van der Waals surface area contributed by atoms with Crippen molar-refractivity contribution in [1.82, 2.24) is 4.90 Å². The van der Waals surface area contributed by atoms with E-state index in [0.29, 0.717) is 30.3 Å². The summed E-state index contributed by atoms with van der Waals surface area (Å²) in [6.45, 7) is 1.52. The molecule has 1 aliphatic rings. The van der Waals surface area contributed by atoms with Gasteiger partial charge in [0.2, 0.25) is 0 Å². The van der Waals surface area contributed by atoms with Crippen LogP contribution in [0.4, 0.5) is 5.69 Å². The molecule has 4 nitrogen and oxygen atoms in total. The highest BCUT2D eigenvalue weighted by Gasteiger charge is 2.29. The minimum atomic E-state index is -0.667. The van der Waals surface area contributed by atoms with Crippen LogP contribution < -0.4 is 5.73 Å². The molecule has 0 amide bonds. The first-order valence-electron chi connectivity index (χ1n) is 5.18. The number of aliphatic hydroxyl groups is 2. The zero-order valence-corrected chi connectivity index (χ0v) is 9.56. The summed E-state index contributed by atoms with van der Waals surface area (Å²) in [6.07, 6.45) is -1.33. The Morgan fingerprint density at radius 1 is 1.31 bits per heavy atom. The maximum atomic E-state index is 9.42. The SMILES string of the molecule is Nc1ccc(Cl)c(CN2CC(O)C(O)C2)c1. The largest absolute Gasteiger partial charge is 0.399 e. The minimum absolute atomic E-state index is 0.465. The number of β-amino-alcohol motifs (C(OH)–C–C–N with tert-alkyl or cyclic N) is 2. The molecule has 2 unspecified atom stereocenters. The molecule has 2 atom stereocenters. The highest BCUT2D eigenvalue weighted by Crippen LogP contribution is 2.22. The first-order valence-corrected chi connectivity index (χ1v) is 5.56. The lowest BCUT2D eigenvalue weighted by Gasteiger charge is -2.15. The molecular formula is C11H15ClN2O2. The molecule has 0 saturated carbocycles. The Morgan fingerprint density at radius 3 is 2.56 bits per heavy atom. The number of nitrogens with two attached hydrogens (primary N) is 1. The molecule has 2 rings (SSSR count). The molecule has 1 aromatic carbocycles. The van der Waals surface area contributed by atoms with Crippen molar-refractivity contribution >= 4 is 17.3 Å². The van der Waals surface area contributed by atoms with Crippen LogP contribution in [0.3, 0.4) is 0 Å². The Hall–Kier alpha value is -0.810. The summed E-state index contributed by atoms with van der Waals surface area (Å²) < 4.78 is 0. The van der Waals surface area contributed by atoms with E-state index in [0.717, 1.165) is 5.56 Å². The molecule has 1 aromatic rings. The van der Waals surface area contributed by atoms with E-state index in [1.54, 1.807) is 12.1 Å². The lowest BCUT2D eigenvalue weighted by molar-refractivity contribution is 0.0572. The van der Waals surface area contributed by atoms with E-state index in [4.69, 9.17) is 17.3 Å². The number of nitrogen functional groups attached to an aromatic ring is 1. The Morgan fingerprint density at radius 2 is 1.94 bits per heavy atom. The number of hydrogen-bond acceptors (Lipinski definition) is 4. The number of rotatable bonds is 2. The molecule has 0 spiro atoms. The third-order valence-electron chi connectivity index (χ3n) is 2.80. The lowest BCUT2D eigenvalue weighted by atomic mass is 10.2. The van der Waals surface area contributed by atoms with E-state index >= 15 is 0 Å². The predicted molar refractivity (Wildman–Crippen MR) is 63.2 cm³/mol. The van der Waals surface area contributed by atoms with Gasteiger partial charge in [0.05, 0.1) is 12.2 Å². The van der Waals surface area contributed by atoms with Crippen molar-refractivity contribution in [3.8, 4) is 0 Å². The van der Waals surface area contributed by atoms with E-state index in [1.165, 1.54) is 0 Å². The van der Waals surface area contributed by atoms with Gasteiger partial charge in [0.25, 0.3) is 0 Å². The van der Waals surface area contributed by atoms with Crippen LogP contribution in [0.15, 0.2) is 18.2 Å². The molecule has 0 bridgehead atoms. The molecule has 1 saturated heterocycles. The molecule has 1 heterocycles. The van der Waals surface area contributed by atoms with Crippen LogP contribution in [0.1, 0.15) is 5.56 Å². The van der Waals surface area contributed by atoms with Crippen LogP contribution in [0.2, 0.25) is 5.02 Å². The van der Waals surface area contributed by atoms with Gasteiger partial charge in [-0.05, 0) is 23.8 Å². The molecule has 5 heteroatoms. The average Bonchev–Trinajstić information content (AvgIpc) is 2.52. The fourth-order valence-corrected chi connectivity index (χ4v) is 2.11. The van der Waals surface area contributed by atoms with Crippen LogP contribution in [0.5, 0.6) is 0 Å². The Bertz CT molecular complexity index is 376. The average molecular weight is 243 g/mol. The van der Waals surface area contributed by atoms with Crippen molar-refractivity contribution in [2.45, 2.75) is 18.8 Å². The standard InChI is InChI=1S/C11H15ClN2O2/c12-9-2-1-8(13)3-7(9)4-14-5-10(15)11(16)6-14/h1-3,10-11,15-16H,4-6,13H2. The smallest absolute Gasteiger partial charge is 0.0938 e. The number of benzene rings is 1. The molecular weight excluding hydrogens is 228 g/mol. The van der Waals surface area contributed by atoms with Crippen molar-refractivity contribution < 1.29 is 10.2 Å². The fourth-order valence-electron chi connectivity index (χ4n) is 1.93.